The lowest BCUT2D eigenvalue weighted by Crippen LogP contribution is -2.04. The average Bonchev–Trinajstić information content (AvgIpc) is 2.16. The minimum Gasteiger partial charge on any atom is -0.497 e. The van der Waals surface area contributed by atoms with Crippen LogP contribution in [0.1, 0.15) is 12.0 Å². The van der Waals surface area contributed by atoms with Gasteiger partial charge in [-0.25, -0.2) is 0 Å². The summed E-state index contributed by atoms with van der Waals surface area (Å²) in [5.74, 6) is 2.30. The predicted octanol–water partition coefficient (Wildman–Crippen LogP) is 3.00. The van der Waals surface area contributed by atoms with Crippen molar-refractivity contribution in [1.29, 1.82) is 0 Å². The lowest BCUT2D eigenvalue weighted by atomic mass is 10.00. The number of ether oxygens (including phenoxy) is 2. The van der Waals surface area contributed by atoms with E-state index in [1.54, 1.807) is 7.11 Å². The monoisotopic (exact) mass is 188 g/mol. The molecule has 1 heterocycles. The highest BCUT2D eigenvalue weighted by Crippen LogP contribution is 2.37. The van der Waals surface area contributed by atoms with Crippen molar-refractivity contribution >= 4 is 5.57 Å². The van der Waals surface area contributed by atoms with Crippen molar-refractivity contribution in [3.05, 3.63) is 42.7 Å². The molecule has 0 saturated carbocycles. The minimum atomic E-state index is 0.708. The molecule has 1 aliphatic heterocycles. The highest BCUT2D eigenvalue weighted by molar-refractivity contribution is 5.73. The van der Waals surface area contributed by atoms with Crippen molar-refractivity contribution < 1.29 is 9.47 Å². The zero-order valence-electron chi connectivity index (χ0n) is 8.17. The summed E-state index contributed by atoms with van der Waals surface area (Å²) in [5, 5.41) is 0. The van der Waals surface area contributed by atoms with Crippen molar-refractivity contribution in [2.75, 3.05) is 7.11 Å². The van der Waals surface area contributed by atoms with Crippen LogP contribution >= 0.6 is 0 Å². The van der Waals surface area contributed by atoms with Crippen molar-refractivity contribution in [3.8, 4) is 11.5 Å². The van der Waals surface area contributed by atoms with E-state index in [-0.39, 0.29) is 0 Å². The Hall–Kier alpha value is -1.70. The zero-order chi connectivity index (χ0) is 10.1. The van der Waals surface area contributed by atoms with Crippen molar-refractivity contribution in [3.63, 3.8) is 0 Å². The maximum absolute atomic E-state index is 5.51. The van der Waals surface area contributed by atoms with Gasteiger partial charge >= 0.3 is 0 Å². The van der Waals surface area contributed by atoms with Gasteiger partial charge in [-0.1, -0.05) is 13.2 Å². The van der Waals surface area contributed by atoms with Crippen LogP contribution in [0, 0.1) is 0 Å². The highest BCUT2D eigenvalue weighted by Gasteiger charge is 2.16. The van der Waals surface area contributed by atoms with Crippen molar-refractivity contribution in [2.24, 2.45) is 0 Å². The van der Waals surface area contributed by atoms with E-state index in [2.05, 4.69) is 13.2 Å². The molecule has 1 aliphatic rings. The first-order chi connectivity index (χ1) is 6.70. The van der Waals surface area contributed by atoms with Crippen LogP contribution in [-0.2, 0) is 0 Å². The molecule has 0 unspecified atom stereocenters. The van der Waals surface area contributed by atoms with Gasteiger partial charge in [-0.3, -0.25) is 0 Å². The molecule has 0 saturated heterocycles. The van der Waals surface area contributed by atoms with Crippen molar-refractivity contribution in [1.82, 2.24) is 0 Å². The Balaban J connectivity index is 2.49. The van der Waals surface area contributed by atoms with E-state index in [1.807, 2.05) is 18.2 Å². The fourth-order valence-corrected chi connectivity index (χ4v) is 1.53. The lowest BCUT2D eigenvalue weighted by molar-refractivity contribution is 0.391. The Morgan fingerprint density at radius 2 is 2.14 bits per heavy atom. The summed E-state index contributed by atoms with van der Waals surface area (Å²) >= 11 is 0. The largest absolute Gasteiger partial charge is 0.497 e. The number of rotatable bonds is 1. The summed E-state index contributed by atoms with van der Waals surface area (Å²) in [4.78, 5) is 0. The summed E-state index contributed by atoms with van der Waals surface area (Å²) in [5.41, 5.74) is 2.08. The predicted molar refractivity (Wildman–Crippen MR) is 56.4 cm³/mol. The molecule has 2 rings (SSSR count). The van der Waals surface area contributed by atoms with Gasteiger partial charge in [-0.05, 0) is 17.7 Å². The van der Waals surface area contributed by atoms with Gasteiger partial charge in [0.15, 0.2) is 0 Å². The van der Waals surface area contributed by atoms with Crippen LogP contribution in [0.3, 0.4) is 0 Å². The minimum absolute atomic E-state index is 0.708. The third kappa shape index (κ3) is 1.39. The number of allylic oxidation sites excluding steroid dienone is 1. The summed E-state index contributed by atoms with van der Waals surface area (Å²) < 4.78 is 10.6. The molecule has 0 spiro atoms. The molecule has 0 amide bonds. The normalized spacial score (nSPS) is 14.6. The molecule has 2 heteroatoms. The van der Waals surface area contributed by atoms with Gasteiger partial charge in [0.05, 0.1) is 7.11 Å². The van der Waals surface area contributed by atoms with Crippen LogP contribution in [-0.4, -0.2) is 7.11 Å². The second-order valence-corrected chi connectivity index (χ2v) is 3.28. The second-order valence-electron chi connectivity index (χ2n) is 3.28. The maximum Gasteiger partial charge on any atom is 0.138 e. The average molecular weight is 188 g/mol. The smallest absolute Gasteiger partial charge is 0.138 e. The van der Waals surface area contributed by atoms with Gasteiger partial charge in [-0.15, -0.1) is 0 Å². The molecule has 0 N–H and O–H groups in total. The number of hydrogen-bond donors (Lipinski definition) is 0. The molecule has 1 aromatic carbocycles. The van der Waals surface area contributed by atoms with Gasteiger partial charge in [0.1, 0.15) is 17.3 Å². The molecule has 0 aromatic heterocycles. The van der Waals surface area contributed by atoms with E-state index in [9.17, 15) is 0 Å². The van der Waals surface area contributed by atoms with E-state index >= 15 is 0 Å². The van der Waals surface area contributed by atoms with E-state index in [1.165, 1.54) is 0 Å². The Morgan fingerprint density at radius 3 is 2.86 bits per heavy atom. The fourth-order valence-electron chi connectivity index (χ4n) is 1.53. The van der Waals surface area contributed by atoms with E-state index < -0.39 is 0 Å². The third-order valence-electron chi connectivity index (χ3n) is 2.23. The molecule has 0 fully saturated rings. The summed E-state index contributed by atoms with van der Waals surface area (Å²) in [6, 6.07) is 5.72. The second kappa shape index (κ2) is 3.22. The SMILES string of the molecule is C=C1CC(=C)c2ccc(OC)cc2O1. The lowest BCUT2D eigenvalue weighted by Gasteiger charge is -2.21. The molecular formula is C12H12O2. The van der Waals surface area contributed by atoms with Crippen LogP contribution in [0.2, 0.25) is 0 Å². The molecule has 0 atom stereocenters. The van der Waals surface area contributed by atoms with Crippen LogP contribution in [0.4, 0.5) is 0 Å². The Kier molecular flexibility index (Phi) is 2.04. The molecule has 14 heavy (non-hydrogen) atoms. The van der Waals surface area contributed by atoms with Gasteiger partial charge in [0.2, 0.25) is 0 Å². The van der Waals surface area contributed by atoms with Crippen molar-refractivity contribution in [2.45, 2.75) is 6.42 Å². The number of fused-ring (bicyclic) bond motifs is 1. The van der Waals surface area contributed by atoms with E-state index in [0.29, 0.717) is 6.42 Å². The maximum atomic E-state index is 5.51. The molecule has 2 nitrogen and oxygen atoms in total. The Bertz CT molecular complexity index is 405. The molecule has 72 valence electrons. The first-order valence-electron chi connectivity index (χ1n) is 4.42. The fraction of sp³-hybridized carbons (Fsp3) is 0.167. The van der Waals surface area contributed by atoms with Gasteiger partial charge in [-0.2, -0.15) is 0 Å². The van der Waals surface area contributed by atoms with Gasteiger partial charge in [0, 0.05) is 18.1 Å². The third-order valence-corrected chi connectivity index (χ3v) is 2.23. The molecular weight excluding hydrogens is 176 g/mol. The van der Waals surface area contributed by atoms with Crippen LogP contribution < -0.4 is 9.47 Å². The van der Waals surface area contributed by atoms with Crippen LogP contribution in [0.15, 0.2) is 37.1 Å². The standard InChI is InChI=1S/C12H12O2/c1-8-6-9(2)14-12-7-10(13-3)4-5-11(8)12/h4-5,7H,1-2,6H2,3H3. The number of benzene rings is 1. The number of methoxy groups -OCH3 is 1. The molecule has 0 radical (unpaired) electrons. The number of hydrogen-bond acceptors (Lipinski definition) is 2. The summed E-state index contributed by atoms with van der Waals surface area (Å²) in [6.07, 6.45) is 0.708. The first kappa shape index (κ1) is 8.88. The first-order valence-corrected chi connectivity index (χ1v) is 4.42. The van der Waals surface area contributed by atoms with Crippen LogP contribution in [0.25, 0.3) is 5.57 Å². The van der Waals surface area contributed by atoms with E-state index in [4.69, 9.17) is 9.47 Å². The quantitative estimate of drug-likeness (QED) is 0.674. The van der Waals surface area contributed by atoms with Gasteiger partial charge in [0.25, 0.3) is 0 Å². The molecule has 0 aliphatic carbocycles. The Morgan fingerprint density at radius 1 is 1.36 bits per heavy atom. The zero-order valence-corrected chi connectivity index (χ0v) is 8.17. The van der Waals surface area contributed by atoms with E-state index in [0.717, 1.165) is 28.4 Å². The molecule has 0 bridgehead atoms. The molecule has 1 aromatic rings. The summed E-state index contributed by atoms with van der Waals surface area (Å²) in [7, 11) is 1.63. The highest BCUT2D eigenvalue weighted by atomic mass is 16.5. The van der Waals surface area contributed by atoms with Crippen LogP contribution in [0.5, 0.6) is 11.5 Å². The Labute approximate surface area is 83.5 Å². The topological polar surface area (TPSA) is 18.5 Å². The van der Waals surface area contributed by atoms with Gasteiger partial charge < -0.3 is 9.47 Å². The summed E-state index contributed by atoms with van der Waals surface area (Å²) in [6.45, 7) is 7.77.